The Morgan fingerprint density at radius 3 is 2.68 bits per heavy atom. The molecule has 0 aliphatic carbocycles. The molecule has 0 N–H and O–H groups in total. The molecule has 0 spiro atoms. The fourth-order valence-electron chi connectivity index (χ4n) is 2.84. The maximum Gasteiger partial charge on any atom is 0.139 e. The van der Waals surface area contributed by atoms with Crippen LogP contribution in [0, 0.1) is 13.8 Å². The predicted molar refractivity (Wildman–Crippen MR) is 92.6 cm³/mol. The summed E-state index contributed by atoms with van der Waals surface area (Å²) in [5.41, 5.74) is 5.26. The van der Waals surface area contributed by atoms with E-state index in [0.29, 0.717) is 5.15 Å². The van der Waals surface area contributed by atoms with Gasteiger partial charge < -0.3 is 9.30 Å². The first kappa shape index (κ1) is 15.1. The summed E-state index contributed by atoms with van der Waals surface area (Å²) in [7, 11) is 7.45. The Hall–Kier alpha value is -1.78. The molecule has 3 nitrogen and oxygen atoms in total. The number of methoxy groups -OCH3 is 1. The quantitative estimate of drug-likeness (QED) is 0.533. The van der Waals surface area contributed by atoms with Crippen molar-refractivity contribution in [3.8, 4) is 16.9 Å². The summed E-state index contributed by atoms with van der Waals surface area (Å²) in [4.78, 5) is 4.48. The Labute approximate surface area is 138 Å². The summed E-state index contributed by atoms with van der Waals surface area (Å²) >= 11 is 6.47. The molecule has 2 aromatic heterocycles. The van der Waals surface area contributed by atoms with Gasteiger partial charge in [0.2, 0.25) is 0 Å². The van der Waals surface area contributed by atoms with Crippen molar-refractivity contribution in [2.45, 2.75) is 13.8 Å². The fourth-order valence-corrected chi connectivity index (χ4v) is 3.53. The third-order valence-corrected chi connectivity index (χ3v) is 4.98. The van der Waals surface area contributed by atoms with Gasteiger partial charge in [0.1, 0.15) is 10.9 Å². The minimum absolute atomic E-state index is 0.524. The van der Waals surface area contributed by atoms with Gasteiger partial charge in [-0.15, -0.1) is 0 Å². The summed E-state index contributed by atoms with van der Waals surface area (Å²) in [6.45, 7) is 4.05. The maximum atomic E-state index is 6.47. The summed E-state index contributed by atoms with van der Waals surface area (Å²) in [5, 5.41) is 2.46. The number of halogens is 1. The average Bonchev–Trinajstić information content (AvgIpc) is 2.78. The van der Waals surface area contributed by atoms with Crippen molar-refractivity contribution in [3.05, 3.63) is 40.7 Å². The highest BCUT2D eigenvalue weighted by Crippen LogP contribution is 2.36. The second kappa shape index (κ2) is 5.45. The highest BCUT2D eigenvalue weighted by Gasteiger charge is 2.20. The van der Waals surface area contributed by atoms with E-state index in [1.54, 1.807) is 7.11 Å². The number of aromatic nitrogens is 2. The summed E-state index contributed by atoms with van der Waals surface area (Å²) in [6, 6.07) is 7.95. The molecule has 0 saturated heterocycles. The van der Waals surface area contributed by atoms with Crippen molar-refractivity contribution >= 4 is 38.1 Å². The van der Waals surface area contributed by atoms with Gasteiger partial charge in [-0.25, -0.2) is 4.98 Å². The molecule has 0 atom stereocenters. The molecule has 111 valence electrons. The number of ether oxygens (including phenoxy) is 1. The van der Waals surface area contributed by atoms with Crippen molar-refractivity contribution < 1.29 is 4.74 Å². The summed E-state index contributed by atoms with van der Waals surface area (Å²) in [6.07, 6.45) is 0. The normalized spacial score (nSPS) is 11.2. The van der Waals surface area contributed by atoms with E-state index in [4.69, 9.17) is 16.3 Å². The van der Waals surface area contributed by atoms with Crippen LogP contribution in [0.3, 0.4) is 0 Å². The van der Waals surface area contributed by atoms with Crippen LogP contribution < -0.4 is 10.1 Å². The lowest BCUT2D eigenvalue weighted by atomic mass is 10.0. The number of nitrogens with zero attached hydrogens (tertiary/aromatic N) is 2. The highest BCUT2D eigenvalue weighted by molar-refractivity contribution is 6.42. The van der Waals surface area contributed by atoms with Crippen LogP contribution in [0.4, 0.5) is 0 Å². The zero-order valence-electron chi connectivity index (χ0n) is 13.0. The number of aryl methyl sites for hydroxylation is 3. The molecule has 22 heavy (non-hydrogen) atoms. The Bertz CT molecular complexity index is 886. The molecule has 0 amide bonds. The molecule has 0 fully saturated rings. The molecule has 0 bridgehead atoms. The van der Waals surface area contributed by atoms with Crippen LogP contribution in [0.25, 0.3) is 22.0 Å². The molecule has 2 heterocycles. The number of pyridine rings is 1. The number of rotatable bonds is 2. The predicted octanol–water partition coefficient (Wildman–Crippen LogP) is 3.31. The van der Waals surface area contributed by atoms with Gasteiger partial charge in [0.05, 0.1) is 22.9 Å². The van der Waals surface area contributed by atoms with Crippen molar-refractivity contribution in [1.29, 1.82) is 0 Å². The van der Waals surface area contributed by atoms with Crippen LogP contribution in [0.2, 0.25) is 5.15 Å². The van der Waals surface area contributed by atoms with Crippen molar-refractivity contribution in [2.24, 2.45) is 7.05 Å². The summed E-state index contributed by atoms with van der Waals surface area (Å²) < 4.78 is 7.44. The molecule has 5 heteroatoms. The third kappa shape index (κ3) is 2.14. The molecule has 0 unspecified atom stereocenters. The second-order valence-electron chi connectivity index (χ2n) is 5.35. The molecule has 0 aliphatic rings. The lowest BCUT2D eigenvalue weighted by Gasteiger charge is -2.07. The fraction of sp³-hybridized carbons (Fsp3) is 0.235. The first-order valence-electron chi connectivity index (χ1n) is 6.96. The second-order valence-corrected chi connectivity index (χ2v) is 6.18. The number of hydrogen-bond acceptors (Lipinski definition) is 2. The molecule has 0 aliphatic heterocycles. The minimum atomic E-state index is 0.524. The van der Waals surface area contributed by atoms with E-state index in [1.807, 2.05) is 38.2 Å². The van der Waals surface area contributed by atoms with Crippen molar-refractivity contribution in [1.82, 2.24) is 9.55 Å². The first-order valence-corrected chi connectivity index (χ1v) is 7.84. The molecule has 1 aromatic carbocycles. The third-order valence-electron chi connectivity index (χ3n) is 4.12. The molecular weight excluding hydrogens is 312 g/mol. The van der Waals surface area contributed by atoms with Crippen LogP contribution in [-0.2, 0) is 7.05 Å². The molecule has 3 radical (unpaired) electrons. The average molecular weight is 328 g/mol. The van der Waals surface area contributed by atoms with Gasteiger partial charge in [0, 0.05) is 29.0 Å². The van der Waals surface area contributed by atoms with Crippen molar-refractivity contribution in [2.75, 3.05) is 7.11 Å². The highest BCUT2D eigenvalue weighted by atomic mass is 35.5. The zero-order chi connectivity index (χ0) is 16.0. The van der Waals surface area contributed by atoms with Gasteiger partial charge in [0.15, 0.2) is 0 Å². The van der Waals surface area contributed by atoms with Crippen LogP contribution in [-0.4, -0.2) is 26.9 Å². The SMILES string of the molecule is COc1cccc(-c2c([Si])n(C)c3c(C)c(C)nc(Cl)c23)c1. The number of hydrogen-bond donors (Lipinski definition) is 0. The lowest BCUT2D eigenvalue weighted by Crippen LogP contribution is -2.15. The lowest BCUT2D eigenvalue weighted by molar-refractivity contribution is 0.415. The van der Waals surface area contributed by atoms with E-state index in [1.165, 1.54) is 0 Å². The minimum Gasteiger partial charge on any atom is -0.497 e. The number of benzene rings is 1. The molecule has 3 rings (SSSR count). The topological polar surface area (TPSA) is 27.1 Å². The van der Waals surface area contributed by atoms with Gasteiger partial charge in [-0.3, -0.25) is 0 Å². The zero-order valence-corrected chi connectivity index (χ0v) is 14.7. The summed E-state index contributed by atoms with van der Waals surface area (Å²) in [5.74, 6) is 0.813. The Balaban J connectivity index is 2.44. The first-order chi connectivity index (χ1) is 10.5. The van der Waals surface area contributed by atoms with Gasteiger partial charge in [-0.1, -0.05) is 23.7 Å². The van der Waals surface area contributed by atoms with E-state index in [-0.39, 0.29) is 0 Å². The van der Waals surface area contributed by atoms with E-state index >= 15 is 0 Å². The van der Waals surface area contributed by atoms with E-state index in [0.717, 1.165) is 44.4 Å². The van der Waals surface area contributed by atoms with E-state index in [2.05, 4.69) is 26.7 Å². The van der Waals surface area contributed by atoms with E-state index in [9.17, 15) is 0 Å². The van der Waals surface area contributed by atoms with Crippen LogP contribution in [0.5, 0.6) is 5.75 Å². The monoisotopic (exact) mass is 327 g/mol. The number of fused-ring (bicyclic) bond motifs is 1. The molecule has 3 aromatic rings. The Kier molecular flexibility index (Phi) is 3.74. The van der Waals surface area contributed by atoms with Crippen LogP contribution in [0.15, 0.2) is 24.3 Å². The molecule has 0 saturated carbocycles. The Morgan fingerprint density at radius 1 is 1.27 bits per heavy atom. The van der Waals surface area contributed by atoms with Gasteiger partial charge in [-0.2, -0.15) is 0 Å². The van der Waals surface area contributed by atoms with Crippen LogP contribution in [0.1, 0.15) is 11.3 Å². The smallest absolute Gasteiger partial charge is 0.139 e. The van der Waals surface area contributed by atoms with Crippen molar-refractivity contribution in [3.63, 3.8) is 0 Å². The Morgan fingerprint density at radius 2 is 2.00 bits per heavy atom. The van der Waals surface area contributed by atoms with Crippen LogP contribution >= 0.6 is 11.6 Å². The maximum absolute atomic E-state index is 6.47. The van der Waals surface area contributed by atoms with E-state index < -0.39 is 0 Å². The van der Waals surface area contributed by atoms with Gasteiger partial charge in [-0.05, 0) is 37.1 Å². The standard InChI is InChI=1S/C17H16ClN2OSi/c1-9-10(2)19-16(18)14-13(17(22)20(3)15(9)14)11-6-5-7-12(8-11)21-4/h5-8H,1-4H3. The largest absolute Gasteiger partial charge is 0.497 e. The molecular formula is C17H16ClN2OSi. The van der Waals surface area contributed by atoms with Gasteiger partial charge in [0.25, 0.3) is 0 Å². The van der Waals surface area contributed by atoms with Gasteiger partial charge >= 0.3 is 0 Å².